The SMILES string of the molecule is C=C(N[C@@H](C)c1ccc(-c2scnc2C)cc1)[C@@H]1C[C@@H](O)CN1C(=O)[C@@H](NC(=O)CN1CCC(c2cc(-c3ccccc3O)nnc2N)CC1)C(C)(C)C. The molecule has 0 saturated carbocycles. The van der Waals surface area contributed by atoms with Crippen molar-refractivity contribution in [3.05, 3.63) is 89.2 Å². The Balaban J connectivity index is 1.06. The molecule has 0 spiro atoms. The maximum Gasteiger partial charge on any atom is 0.246 e. The molecule has 12 nitrogen and oxygen atoms in total. The van der Waals surface area contributed by atoms with Crippen LogP contribution in [0.4, 0.5) is 5.82 Å². The number of aromatic nitrogens is 3. The lowest BCUT2D eigenvalue weighted by Gasteiger charge is -2.37. The van der Waals surface area contributed by atoms with E-state index in [1.807, 2.05) is 52.3 Å². The standard InChI is InChI=1S/C41H52N8O4S/c1-24(27-11-13-29(14-12-27)37-26(3)43-23-54-37)44-25(2)34-19-30(50)21-49(34)40(53)38(41(4,5)6)45-36(52)22-48-17-15-28(16-18-48)32-20-33(46-47-39(32)42)31-9-7-8-10-35(31)51/h7-14,20,23-24,28,30,34,38,44,50-51H,2,15-19,21-22H2,1,3-6H3,(H2,42,47)(H,45,52)/t24-,30+,34-,38+/m0/s1. The highest BCUT2D eigenvalue weighted by Gasteiger charge is 2.43. The van der Waals surface area contributed by atoms with Crippen molar-refractivity contribution in [1.29, 1.82) is 0 Å². The third-order valence-electron chi connectivity index (χ3n) is 10.6. The fraction of sp³-hybridized carbons (Fsp3) is 0.439. The number of nitrogen functional groups attached to an aromatic ring is 1. The van der Waals surface area contributed by atoms with E-state index < -0.39 is 23.6 Å². The second kappa shape index (κ2) is 16.3. The van der Waals surface area contributed by atoms with Gasteiger partial charge in [-0.05, 0) is 80.4 Å². The number of rotatable bonds is 11. The second-order valence-corrected chi connectivity index (χ2v) is 16.5. The summed E-state index contributed by atoms with van der Waals surface area (Å²) in [6.07, 6.45) is 1.19. The number of likely N-dealkylation sites (tertiary alicyclic amines) is 2. The van der Waals surface area contributed by atoms with Crippen LogP contribution >= 0.6 is 11.3 Å². The number of amides is 2. The van der Waals surface area contributed by atoms with Crippen molar-refractivity contribution in [1.82, 2.24) is 35.6 Å². The Labute approximate surface area is 321 Å². The van der Waals surface area contributed by atoms with Gasteiger partial charge in [0.05, 0.1) is 40.5 Å². The Morgan fingerprint density at radius 2 is 1.78 bits per heavy atom. The summed E-state index contributed by atoms with van der Waals surface area (Å²) in [6.45, 7) is 15.8. The molecule has 0 aliphatic carbocycles. The number of anilines is 1. The largest absolute Gasteiger partial charge is 0.507 e. The number of aryl methyl sites for hydroxylation is 1. The maximum absolute atomic E-state index is 14.3. The average Bonchev–Trinajstić information content (AvgIpc) is 3.76. The molecule has 0 unspecified atom stereocenters. The van der Waals surface area contributed by atoms with Crippen molar-refractivity contribution in [2.24, 2.45) is 5.41 Å². The molecule has 54 heavy (non-hydrogen) atoms. The first-order valence-electron chi connectivity index (χ1n) is 18.6. The molecule has 4 atom stereocenters. The molecule has 2 amide bonds. The lowest BCUT2D eigenvalue weighted by molar-refractivity contribution is -0.140. The van der Waals surface area contributed by atoms with E-state index in [1.54, 1.807) is 34.4 Å². The minimum absolute atomic E-state index is 0.0865. The van der Waals surface area contributed by atoms with E-state index in [2.05, 4.69) is 61.6 Å². The Morgan fingerprint density at radius 3 is 2.43 bits per heavy atom. The Bertz CT molecular complexity index is 1970. The molecule has 2 fully saturated rings. The molecular weight excluding hydrogens is 701 g/mol. The maximum atomic E-state index is 14.3. The molecule has 13 heteroatoms. The number of carbonyl (C=O) groups excluding carboxylic acids is 2. The number of aromatic hydroxyl groups is 1. The average molecular weight is 753 g/mol. The summed E-state index contributed by atoms with van der Waals surface area (Å²) in [5.74, 6) is 0.155. The fourth-order valence-electron chi connectivity index (χ4n) is 7.54. The second-order valence-electron chi connectivity index (χ2n) is 15.7. The zero-order chi connectivity index (χ0) is 38.7. The van der Waals surface area contributed by atoms with E-state index in [9.17, 15) is 19.8 Å². The van der Waals surface area contributed by atoms with Gasteiger partial charge in [0.15, 0.2) is 0 Å². The van der Waals surface area contributed by atoms with E-state index >= 15 is 0 Å². The van der Waals surface area contributed by atoms with Crippen LogP contribution in [0.5, 0.6) is 5.75 Å². The van der Waals surface area contributed by atoms with Gasteiger partial charge in [-0.15, -0.1) is 21.5 Å². The number of carbonyl (C=O) groups is 2. The number of aliphatic hydroxyl groups excluding tert-OH is 1. The molecule has 4 heterocycles. The fourth-order valence-corrected chi connectivity index (χ4v) is 8.35. The first-order valence-corrected chi connectivity index (χ1v) is 19.4. The lowest BCUT2D eigenvalue weighted by atomic mass is 9.85. The summed E-state index contributed by atoms with van der Waals surface area (Å²) in [5, 5.41) is 36.0. The molecule has 2 saturated heterocycles. The van der Waals surface area contributed by atoms with Crippen molar-refractivity contribution in [3.8, 4) is 27.4 Å². The molecule has 6 rings (SSSR count). The molecule has 2 aromatic carbocycles. The summed E-state index contributed by atoms with van der Waals surface area (Å²) in [6, 6.07) is 15.9. The van der Waals surface area contributed by atoms with Crippen molar-refractivity contribution in [2.75, 3.05) is 31.9 Å². The van der Waals surface area contributed by atoms with Crippen LogP contribution in [0.3, 0.4) is 0 Å². The van der Waals surface area contributed by atoms with Crippen LogP contribution < -0.4 is 16.4 Å². The van der Waals surface area contributed by atoms with E-state index in [-0.39, 0.29) is 42.6 Å². The smallest absolute Gasteiger partial charge is 0.246 e. The molecule has 0 bridgehead atoms. The lowest BCUT2D eigenvalue weighted by Crippen LogP contribution is -2.57. The number of hydrogen-bond acceptors (Lipinski definition) is 11. The quantitative estimate of drug-likeness (QED) is 0.134. The van der Waals surface area contributed by atoms with Gasteiger partial charge in [-0.25, -0.2) is 4.98 Å². The molecule has 2 aliphatic heterocycles. The Hall–Kier alpha value is -4.85. The predicted octanol–water partition coefficient (Wildman–Crippen LogP) is 5.40. The highest BCUT2D eigenvalue weighted by atomic mass is 32.1. The third kappa shape index (κ3) is 8.75. The molecule has 6 N–H and O–H groups in total. The van der Waals surface area contributed by atoms with Crippen molar-refractivity contribution in [3.63, 3.8) is 0 Å². The van der Waals surface area contributed by atoms with Crippen molar-refractivity contribution >= 4 is 29.0 Å². The monoisotopic (exact) mass is 752 g/mol. The number of para-hydroxylation sites is 1. The van der Waals surface area contributed by atoms with Gasteiger partial charge in [-0.2, -0.15) is 0 Å². The molecule has 286 valence electrons. The molecular formula is C41H52N8O4S. The Morgan fingerprint density at radius 1 is 1.07 bits per heavy atom. The van der Waals surface area contributed by atoms with Gasteiger partial charge >= 0.3 is 0 Å². The van der Waals surface area contributed by atoms with Gasteiger partial charge in [-0.3, -0.25) is 14.5 Å². The molecule has 4 aromatic rings. The van der Waals surface area contributed by atoms with E-state index in [4.69, 9.17) is 5.73 Å². The van der Waals surface area contributed by atoms with Gasteiger partial charge in [0, 0.05) is 35.8 Å². The summed E-state index contributed by atoms with van der Waals surface area (Å²) < 4.78 is 0. The predicted molar refractivity (Wildman–Crippen MR) is 212 cm³/mol. The van der Waals surface area contributed by atoms with Crippen LogP contribution in [0.2, 0.25) is 0 Å². The number of nitrogens with zero attached hydrogens (tertiary/aromatic N) is 5. The number of nitrogens with two attached hydrogens (primary N) is 1. The van der Waals surface area contributed by atoms with Gasteiger partial charge in [0.25, 0.3) is 0 Å². The number of aliphatic hydroxyl groups is 1. The molecule has 2 aliphatic rings. The minimum Gasteiger partial charge on any atom is -0.507 e. The number of thiazole rings is 1. The zero-order valence-electron chi connectivity index (χ0n) is 31.7. The summed E-state index contributed by atoms with van der Waals surface area (Å²) in [7, 11) is 0. The number of hydrogen-bond donors (Lipinski definition) is 5. The molecule has 2 aromatic heterocycles. The number of β-amino-alcohol motifs (C(OH)–C–C–N with tert-alkyl or cyclic N) is 1. The summed E-state index contributed by atoms with van der Waals surface area (Å²) in [4.78, 5) is 37.1. The molecule has 0 radical (unpaired) electrons. The highest BCUT2D eigenvalue weighted by Crippen LogP contribution is 2.35. The van der Waals surface area contributed by atoms with Crippen LogP contribution in [0.25, 0.3) is 21.7 Å². The van der Waals surface area contributed by atoms with Crippen molar-refractivity contribution < 1.29 is 19.8 Å². The van der Waals surface area contributed by atoms with E-state index in [1.165, 1.54) is 0 Å². The number of benzene rings is 2. The van der Waals surface area contributed by atoms with Crippen LogP contribution in [-0.2, 0) is 9.59 Å². The number of phenolic OH excluding ortho intramolecular Hbond substituents is 1. The topological polar surface area (TPSA) is 170 Å². The normalized spacial score (nSPS) is 19.3. The first-order chi connectivity index (χ1) is 25.7. The van der Waals surface area contributed by atoms with Crippen LogP contribution in [0.1, 0.15) is 75.7 Å². The highest BCUT2D eigenvalue weighted by molar-refractivity contribution is 7.13. The van der Waals surface area contributed by atoms with Crippen LogP contribution in [0, 0.1) is 12.3 Å². The first kappa shape index (κ1) is 38.9. The summed E-state index contributed by atoms with van der Waals surface area (Å²) in [5.41, 5.74) is 13.4. The Kier molecular flexibility index (Phi) is 11.7. The number of piperidine rings is 1. The van der Waals surface area contributed by atoms with E-state index in [0.29, 0.717) is 42.3 Å². The van der Waals surface area contributed by atoms with Crippen LogP contribution in [0.15, 0.2) is 72.4 Å². The summed E-state index contributed by atoms with van der Waals surface area (Å²) >= 11 is 1.62. The van der Waals surface area contributed by atoms with Gasteiger partial charge in [0.1, 0.15) is 17.6 Å². The van der Waals surface area contributed by atoms with E-state index in [0.717, 1.165) is 40.1 Å². The number of nitrogens with one attached hydrogen (secondary N) is 2. The van der Waals surface area contributed by atoms with Crippen LogP contribution in [-0.4, -0.2) is 91.4 Å². The van der Waals surface area contributed by atoms with Gasteiger partial charge < -0.3 is 31.5 Å². The van der Waals surface area contributed by atoms with Crippen molar-refractivity contribution in [2.45, 2.75) is 84.0 Å². The third-order valence-corrected chi connectivity index (χ3v) is 11.6. The van der Waals surface area contributed by atoms with Gasteiger partial charge in [-0.1, -0.05) is 63.7 Å². The number of phenols is 1. The van der Waals surface area contributed by atoms with Gasteiger partial charge in [0.2, 0.25) is 11.8 Å². The minimum atomic E-state index is -0.807. The zero-order valence-corrected chi connectivity index (χ0v) is 32.6.